The third-order valence-corrected chi connectivity index (χ3v) is 6.77. The average molecular weight is 485 g/mol. The highest BCUT2D eigenvalue weighted by molar-refractivity contribution is 6.32. The van der Waals surface area contributed by atoms with Crippen LogP contribution in [0.1, 0.15) is 61.4 Å². The van der Waals surface area contributed by atoms with Crippen LogP contribution in [0.15, 0.2) is 30.3 Å². The monoisotopic (exact) mass is 484 g/mol. The molecular formula is C29H41ClN2O2. The van der Waals surface area contributed by atoms with Crippen molar-refractivity contribution >= 4 is 17.5 Å². The lowest BCUT2D eigenvalue weighted by Crippen LogP contribution is -2.40. The van der Waals surface area contributed by atoms with E-state index >= 15 is 0 Å². The number of nitrogens with zero attached hydrogens (tertiary/aromatic N) is 1. The highest BCUT2D eigenvalue weighted by Crippen LogP contribution is 2.34. The lowest BCUT2D eigenvalue weighted by atomic mass is 10.0. The molecule has 1 amide bonds. The number of ether oxygens (including phenoxy) is 1. The van der Waals surface area contributed by atoms with Crippen molar-refractivity contribution in [3.05, 3.63) is 63.2 Å². The Morgan fingerprint density at radius 3 is 2.71 bits per heavy atom. The number of aryl methyl sites for hydroxylation is 3. The van der Waals surface area contributed by atoms with Crippen LogP contribution < -0.4 is 10.1 Å². The van der Waals surface area contributed by atoms with E-state index in [0.717, 1.165) is 62.3 Å². The molecule has 5 heteroatoms. The van der Waals surface area contributed by atoms with Gasteiger partial charge in [0.25, 0.3) is 0 Å². The van der Waals surface area contributed by atoms with Gasteiger partial charge in [-0.05, 0) is 80.3 Å². The van der Waals surface area contributed by atoms with Crippen molar-refractivity contribution in [1.29, 1.82) is 0 Å². The van der Waals surface area contributed by atoms with Crippen molar-refractivity contribution in [2.75, 3.05) is 26.2 Å². The van der Waals surface area contributed by atoms with E-state index in [1.807, 2.05) is 17.9 Å². The molecule has 1 aliphatic rings. The molecule has 0 fully saturated rings. The molecule has 1 N–H and O–H groups in total. The molecule has 1 atom stereocenters. The van der Waals surface area contributed by atoms with Crippen LogP contribution in [0.2, 0.25) is 5.02 Å². The Balaban J connectivity index is 1.60. The maximum atomic E-state index is 13.4. The standard InChI is InChI=1S/C29H41ClN2O2/c1-20(2)18-32(19-24-15-26-8-6-7-13-34-28(26)27(30)16-24)29(33)23(5)17-31-12-11-25-14-21(3)9-10-22(25)4/h9-10,14-16,20,23,31H,6-8,11-13,17-19H2,1-5H3. The molecule has 0 radical (unpaired) electrons. The maximum absolute atomic E-state index is 13.4. The van der Waals surface area contributed by atoms with Crippen molar-refractivity contribution < 1.29 is 9.53 Å². The summed E-state index contributed by atoms with van der Waals surface area (Å²) in [5, 5.41) is 4.16. The molecule has 0 aromatic heterocycles. The first-order valence-electron chi connectivity index (χ1n) is 12.7. The van der Waals surface area contributed by atoms with Crippen LogP contribution in [-0.2, 0) is 24.2 Å². The summed E-state index contributed by atoms with van der Waals surface area (Å²) in [4.78, 5) is 15.4. The number of hydrogen-bond donors (Lipinski definition) is 1. The quantitative estimate of drug-likeness (QED) is 0.413. The Morgan fingerprint density at radius 2 is 1.94 bits per heavy atom. The molecule has 0 spiro atoms. The highest BCUT2D eigenvalue weighted by Gasteiger charge is 2.23. The topological polar surface area (TPSA) is 41.6 Å². The third kappa shape index (κ3) is 7.48. The first-order chi connectivity index (χ1) is 16.2. The minimum absolute atomic E-state index is 0.0861. The van der Waals surface area contributed by atoms with Gasteiger partial charge in [-0.1, -0.05) is 62.2 Å². The van der Waals surface area contributed by atoms with Crippen molar-refractivity contribution in [2.24, 2.45) is 11.8 Å². The minimum atomic E-state index is -0.0861. The molecule has 1 heterocycles. The second-order valence-corrected chi connectivity index (χ2v) is 10.7. The van der Waals surface area contributed by atoms with Crippen LogP contribution in [0.3, 0.4) is 0 Å². The van der Waals surface area contributed by atoms with E-state index in [9.17, 15) is 4.79 Å². The summed E-state index contributed by atoms with van der Waals surface area (Å²) < 4.78 is 5.87. The van der Waals surface area contributed by atoms with Crippen molar-refractivity contribution in [3.63, 3.8) is 0 Å². The van der Waals surface area contributed by atoms with Crippen molar-refractivity contribution in [3.8, 4) is 5.75 Å². The normalized spacial score (nSPS) is 14.3. The average Bonchev–Trinajstić information content (AvgIpc) is 3.03. The van der Waals surface area contributed by atoms with E-state index in [-0.39, 0.29) is 11.8 Å². The van der Waals surface area contributed by atoms with Crippen LogP contribution in [-0.4, -0.2) is 37.0 Å². The number of amides is 1. The van der Waals surface area contributed by atoms with Crippen LogP contribution >= 0.6 is 11.6 Å². The number of carbonyl (C=O) groups is 1. The molecule has 1 unspecified atom stereocenters. The number of halogens is 1. The highest BCUT2D eigenvalue weighted by atomic mass is 35.5. The molecule has 4 nitrogen and oxygen atoms in total. The zero-order valence-electron chi connectivity index (χ0n) is 21.5. The Bertz CT molecular complexity index is 973. The van der Waals surface area contributed by atoms with Crippen LogP contribution in [0.4, 0.5) is 0 Å². The smallest absolute Gasteiger partial charge is 0.226 e. The second kappa shape index (κ2) is 12.6. The van der Waals surface area contributed by atoms with Crippen LogP contribution in [0.25, 0.3) is 0 Å². The van der Waals surface area contributed by atoms with E-state index in [4.69, 9.17) is 16.3 Å². The lowest BCUT2D eigenvalue weighted by Gasteiger charge is -2.28. The first kappa shape index (κ1) is 26.6. The predicted molar refractivity (Wildman–Crippen MR) is 142 cm³/mol. The van der Waals surface area contributed by atoms with Gasteiger partial charge in [0.05, 0.1) is 11.6 Å². The number of nitrogens with one attached hydrogen (secondary N) is 1. The Kier molecular flexibility index (Phi) is 9.85. The molecule has 3 rings (SSSR count). The molecule has 186 valence electrons. The number of hydrogen-bond acceptors (Lipinski definition) is 3. The largest absolute Gasteiger partial charge is 0.492 e. The van der Waals surface area contributed by atoms with Gasteiger partial charge in [0.1, 0.15) is 5.75 Å². The van der Waals surface area contributed by atoms with E-state index in [1.165, 1.54) is 16.7 Å². The van der Waals surface area contributed by atoms with Gasteiger partial charge in [0.2, 0.25) is 5.91 Å². The van der Waals surface area contributed by atoms with Gasteiger partial charge < -0.3 is 15.0 Å². The Morgan fingerprint density at radius 1 is 1.15 bits per heavy atom. The molecular weight excluding hydrogens is 444 g/mol. The molecule has 0 bridgehead atoms. The zero-order valence-corrected chi connectivity index (χ0v) is 22.3. The van der Waals surface area contributed by atoms with Gasteiger partial charge in [-0.25, -0.2) is 0 Å². The Labute approximate surface area is 211 Å². The van der Waals surface area contributed by atoms with Gasteiger partial charge in [-0.15, -0.1) is 0 Å². The number of rotatable bonds is 10. The van der Waals surface area contributed by atoms with Gasteiger partial charge in [-0.2, -0.15) is 0 Å². The molecule has 1 aliphatic heterocycles. The lowest BCUT2D eigenvalue weighted by molar-refractivity contribution is -0.136. The van der Waals surface area contributed by atoms with Gasteiger partial charge in [0.15, 0.2) is 0 Å². The summed E-state index contributed by atoms with van der Waals surface area (Å²) in [7, 11) is 0. The van der Waals surface area contributed by atoms with Crippen LogP contribution in [0, 0.1) is 25.7 Å². The van der Waals surface area contributed by atoms with E-state index in [0.29, 0.717) is 24.0 Å². The molecule has 2 aromatic rings. The molecule has 34 heavy (non-hydrogen) atoms. The second-order valence-electron chi connectivity index (χ2n) is 10.3. The molecule has 2 aromatic carbocycles. The van der Waals surface area contributed by atoms with E-state index in [1.54, 1.807) is 0 Å². The number of fused-ring (bicyclic) bond motifs is 1. The van der Waals surface area contributed by atoms with E-state index in [2.05, 4.69) is 57.3 Å². The zero-order chi connectivity index (χ0) is 24.7. The molecule has 0 saturated heterocycles. The fourth-order valence-corrected chi connectivity index (χ4v) is 4.96. The van der Waals surface area contributed by atoms with Gasteiger partial charge in [-0.3, -0.25) is 4.79 Å². The SMILES string of the molecule is Cc1ccc(C)c(CCNCC(C)C(=O)N(Cc2cc(Cl)c3c(c2)CCCCO3)CC(C)C)c1. The number of benzene rings is 2. The summed E-state index contributed by atoms with van der Waals surface area (Å²) in [6.45, 7) is 14.2. The summed E-state index contributed by atoms with van der Waals surface area (Å²) in [5.41, 5.74) is 6.23. The molecule has 0 aliphatic carbocycles. The first-order valence-corrected chi connectivity index (χ1v) is 13.1. The summed E-state index contributed by atoms with van der Waals surface area (Å²) in [6.07, 6.45) is 4.10. The predicted octanol–water partition coefficient (Wildman–Crippen LogP) is 6.12. The molecule has 0 saturated carbocycles. The van der Waals surface area contributed by atoms with Crippen molar-refractivity contribution in [2.45, 2.75) is 66.8 Å². The third-order valence-electron chi connectivity index (χ3n) is 6.49. The van der Waals surface area contributed by atoms with Gasteiger partial charge in [0, 0.05) is 25.6 Å². The maximum Gasteiger partial charge on any atom is 0.226 e. The summed E-state index contributed by atoms with van der Waals surface area (Å²) in [6, 6.07) is 10.7. The van der Waals surface area contributed by atoms with Crippen LogP contribution in [0.5, 0.6) is 5.75 Å². The fourth-order valence-electron chi connectivity index (χ4n) is 4.65. The summed E-state index contributed by atoms with van der Waals surface area (Å²) >= 11 is 6.57. The van der Waals surface area contributed by atoms with Gasteiger partial charge >= 0.3 is 0 Å². The minimum Gasteiger partial charge on any atom is -0.492 e. The number of carbonyl (C=O) groups excluding carboxylic acids is 1. The Hall–Kier alpha value is -2.04. The van der Waals surface area contributed by atoms with Crippen molar-refractivity contribution in [1.82, 2.24) is 10.2 Å². The fraction of sp³-hybridized carbons (Fsp3) is 0.552. The summed E-state index contributed by atoms with van der Waals surface area (Å²) in [5.74, 6) is 1.33. The van der Waals surface area contributed by atoms with E-state index < -0.39 is 0 Å².